The fourth-order valence-electron chi connectivity index (χ4n) is 3.37. The Morgan fingerprint density at radius 1 is 1.33 bits per heavy atom. The summed E-state index contributed by atoms with van der Waals surface area (Å²) in [4.78, 5) is 40.0. The van der Waals surface area contributed by atoms with Gasteiger partial charge < -0.3 is 19.5 Å². The molecule has 1 saturated heterocycles. The number of amides is 2. The first-order valence-corrected chi connectivity index (χ1v) is 9.19. The first-order chi connectivity index (χ1) is 12.8. The summed E-state index contributed by atoms with van der Waals surface area (Å²) in [7, 11) is 3.88. The highest BCUT2D eigenvalue weighted by molar-refractivity contribution is 5.94. The normalized spacial score (nSPS) is 17.5. The maximum Gasteiger partial charge on any atom is 0.419 e. The summed E-state index contributed by atoms with van der Waals surface area (Å²) in [6.45, 7) is 3.89. The van der Waals surface area contributed by atoms with Crippen molar-refractivity contribution in [2.24, 2.45) is 5.92 Å². The molecule has 8 heteroatoms. The second-order valence-corrected chi connectivity index (χ2v) is 7.30. The summed E-state index contributed by atoms with van der Waals surface area (Å²) in [5.74, 6) is -0.735. The highest BCUT2D eigenvalue weighted by Gasteiger charge is 2.27. The predicted octanol–water partition coefficient (Wildman–Crippen LogP) is 1.35. The Balaban J connectivity index is 1.76. The van der Waals surface area contributed by atoms with Gasteiger partial charge in [0.05, 0.1) is 11.4 Å². The fourth-order valence-corrected chi connectivity index (χ4v) is 3.37. The first kappa shape index (κ1) is 19.2. The Hall–Kier alpha value is -2.61. The van der Waals surface area contributed by atoms with E-state index in [0.717, 1.165) is 12.8 Å². The van der Waals surface area contributed by atoms with E-state index in [-0.39, 0.29) is 17.7 Å². The van der Waals surface area contributed by atoms with Crippen molar-refractivity contribution in [3.8, 4) is 0 Å². The van der Waals surface area contributed by atoms with Crippen LogP contribution in [0.1, 0.15) is 19.8 Å². The second kappa shape index (κ2) is 7.96. The second-order valence-electron chi connectivity index (χ2n) is 7.30. The number of oxazole rings is 1. The van der Waals surface area contributed by atoms with Crippen molar-refractivity contribution in [1.82, 2.24) is 14.4 Å². The minimum absolute atomic E-state index is 0.00257. The number of aromatic nitrogens is 1. The van der Waals surface area contributed by atoms with E-state index in [4.69, 9.17) is 4.42 Å². The third-order valence-corrected chi connectivity index (χ3v) is 4.94. The topological polar surface area (TPSA) is 87.8 Å². The van der Waals surface area contributed by atoms with Gasteiger partial charge in [-0.15, -0.1) is 0 Å². The molecule has 3 rings (SSSR count). The van der Waals surface area contributed by atoms with Crippen molar-refractivity contribution >= 4 is 28.6 Å². The lowest BCUT2D eigenvalue weighted by Gasteiger charge is -2.31. The smallest absolute Gasteiger partial charge is 0.408 e. The van der Waals surface area contributed by atoms with Crippen molar-refractivity contribution in [1.29, 1.82) is 0 Å². The van der Waals surface area contributed by atoms with Gasteiger partial charge in [0.2, 0.25) is 11.8 Å². The van der Waals surface area contributed by atoms with Crippen molar-refractivity contribution < 1.29 is 14.0 Å². The summed E-state index contributed by atoms with van der Waals surface area (Å²) in [5, 5.41) is 2.92. The number of carbonyl (C=O) groups is 2. The summed E-state index contributed by atoms with van der Waals surface area (Å²) in [6.07, 6.45) is 1.58. The van der Waals surface area contributed by atoms with Crippen LogP contribution in [0.4, 0.5) is 5.69 Å². The van der Waals surface area contributed by atoms with Gasteiger partial charge in [-0.3, -0.25) is 14.2 Å². The molecule has 0 radical (unpaired) electrons. The zero-order chi connectivity index (χ0) is 19.6. The first-order valence-electron chi connectivity index (χ1n) is 9.19. The molecule has 1 aromatic carbocycles. The Morgan fingerprint density at radius 2 is 2.11 bits per heavy atom. The quantitative estimate of drug-likeness (QED) is 0.854. The molecule has 146 valence electrons. The number of hydrogen-bond donors (Lipinski definition) is 1. The van der Waals surface area contributed by atoms with Gasteiger partial charge in [0.25, 0.3) is 0 Å². The number of fused-ring (bicyclic) bond motifs is 1. The van der Waals surface area contributed by atoms with Crippen LogP contribution in [0.3, 0.4) is 0 Å². The maximum absolute atomic E-state index is 12.6. The predicted molar refractivity (Wildman–Crippen MR) is 103 cm³/mol. The molecule has 2 amide bonds. The zero-order valence-corrected chi connectivity index (χ0v) is 16.0. The molecular weight excluding hydrogens is 348 g/mol. The average molecular weight is 374 g/mol. The number of nitrogens with zero attached hydrogens (tertiary/aromatic N) is 3. The highest BCUT2D eigenvalue weighted by atomic mass is 16.4. The van der Waals surface area contributed by atoms with Gasteiger partial charge >= 0.3 is 5.76 Å². The van der Waals surface area contributed by atoms with Crippen molar-refractivity contribution in [3.05, 3.63) is 28.7 Å². The molecule has 0 spiro atoms. The van der Waals surface area contributed by atoms with Gasteiger partial charge in [-0.2, -0.15) is 0 Å². The Bertz CT molecular complexity index is 899. The number of piperidine rings is 1. The highest BCUT2D eigenvalue weighted by Crippen LogP contribution is 2.22. The number of carbonyl (C=O) groups excluding carboxylic acids is 2. The van der Waals surface area contributed by atoms with E-state index in [9.17, 15) is 14.4 Å². The van der Waals surface area contributed by atoms with E-state index >= 15 is 0 Å². The van der Waals surface area contributed by atoms with Gasteiger partial charge in [0, 0.05) is 38.8 Å². The molecule has 2 heterocycles. The maximum atomic E-state index is 12.6. The summed E-state index contributed by atoms with van der Waals surface area (Å²) in [5.41, 5.74) is 1.78. The van der Waals surface area contributed by atoms with E-state index in [1.54, 1.807) is 27.7 Å². The molecule has 1 aliphatic rings. The van der Waals surface area contributed by atoms with E-state index in [1.165, 1.54) is 6.92 Å². The van der Waals surface area contributed by atoms with Gasteiger partial charge in [-0.05, 0) is 45.1 Å². The van der Waals surface area contributed by atoms with Crippen LogP contribution in [-0.2, 0) is 16.1 Å². The van der Waals surface area contributed by atoms with Crippen LogP contribution < -0.4 is 11.1 Å². The minimum atomic E-state index is -0.403. The number of likely N-dealkylation sites (tertiary alicyclic amines) is 1. The molecule has 0 aliphatic carbocycles. The summed E-state index contributed by atoms with van der Waals surface area (Å²) in [6, 6.07) is 5.19. The standard InChI is InChI=1S/C19H26N4O4/c1-13(24)22-8-4-5-14(12-22)18(25)20-15-6-7-17-16(11-15)23(19(26)27-17)10-9-21(2)3/h6-7,11,14H,4-5,8-10,12H2,1-3H3,(H,20,25)/t14-/m1/s1. The van der Waals surface area contributed by atoms with E-state index < -0.39 is 5.76 Å². The lowest BCUT2D eigenvalue weighted by Crippen LogP contribution is -2.42. The van der Waals surface area contributed by atoms with Crippen LogP contribution in [0, 0.1) is 5.92 Å². The van der Waals surface area contributed by atoms with Gasteiger partial charge in [-0.1, -0.05) is 0 Å². The molecule has 1 aliphatic heterocycles. The summed E-state index contributed by atoms with van der Waals surface area (Å²) < 4.78 is 6.85. The number of anilines is 1. The van der Waals surface area contributed by atoms with E-state index in [0.29, 0.717) is 43.0 Å². The SMILES string of the molecule is CC(=O)N1CCC[C@@H](C(=O)Nc2ccc3oc(=O)n(CCN(C)C)c3c2)C1. The van der Waals surface area contributed by atoms with Crippen LogP contribution in [-0.4, -0.2) is 59.9 Å². The molecule has 8 nitrogen and oxygen atoms in total. The van der Waals surface area contributed by atoms with Gasteiger partial charge in [0.15, 0.2) is 5.58 Å². The van der Waals surface area contributed by atoms with Gasteiger partial charge in [0.1, 0.15) is 0 Å². The molecular formula is C19H26N4O4. The third kappa shape index (κ3) is 4.39. The van der Waals surface area contributed by atoms with Gasteiger partial charge in [-0.25, -0.2) is 4.79 Å². The summed E-state index contributed by atoms with van der Waals surface area (Å²) >= 11 is 0. The molecule has 27 heavy (non-hydrogen) atoms. The minimum Gasteiger partial charge on any atom is -0.408 e. The monoisotopic (exact) mass is 374 g/mol. The molecule has 0 unspecified atom stereocenters. The molecule has 1 aromatic heterocycles. The lowest BCUT2D eigenvalue weighted by molar-refractivity contribution is -0.132. The molecule has 0 saturated carbocycles. The number of benzene rings is 1. The van der Waals surface area contributed by atoms with Crippen LogP contribution in [0.2, 0.25) is 0 Å². The molecule has 1 atom stereocenters. The number of hydrogen-bond acceptors (Lipinski definition) is 5. The zero-order valence-electron chi connectivity index (χ0n) is 16.0. The van der Waals surface area contributed by atoms with Crippen LogP contribution in [0.5, 0.6) is 0 Å². The lowest BCUT2D eigenvalue weighted by atomic mass is 9.97. The largest absolute Gasteiger partial charge is 0.419 e. The average Bonchev–Trinajstić information content (AvgIpc) is 2.94. The van der Waals surface area contributed by atoms with E-state index in [1.807, 2.05) is 19.0 Å². The molecule has 0 bridgehead atoms. The van der Waals surface area contributed by atoms with Crippen LogP contribution >= 0.6 is 0 Å². The number of rotatable bonds is 5. The van der Waals surface area contributed by atoms with Crippen molar-refractivity contribution in [2.45, 2.75) is 26.3 Å². The molecule has 2 aromatic rings. The molecule has 1 N–H and O–H groups in total. The Labute approximate surface area is 157 Å². The Kier molecular flexibility index (Phi) is 5.65. The van der Waals surface area contributed by atoms with Crippen molar-refractivity contribution in [3.63, 3.8) is 0 Å². The Morgan fingerprint density at radius 3 is 2.81 bits per heavy atom. The van der Waals surface area contributed by atoms with Crippen molar-refractivity contribution in [2.75, 3.05) is 39.0 Å². The third-order valence-electron chi connectivity index (χ3n) is 4.94. The number of nitrogens with one attached hydrogen (secondary N) is 1. The van der Waals surface area contributed by atoms with Crippen LogP contribution in [0.15, 0.2) is 27.4 Å². The fraction of sp³-hybridized carbons (Fsp3) is 0.526. The number of likely N-dealkylation sites (N-methyl/N-ethyl adjacent to an activating group) is 1. The van der Waals surface area contributed by atoms with E-state index in [2.05, 4.69) is 5.32 Å². The molecule has 1 fully saturated rings. The van der Waals surface area contributed by atoms with Crippen LogP contribution in [0.25, 0.3) is 11.1 Å².